The Kier molecular flexibility index (Phi) is 3.33. The highest BCUT2D eigenvalue weighted by atomic mass is 35.5. The van der Waals surface area contributed by atoms with Crippen molar-refractivity contribution in [2.75, 3.05) is 13.1 Å². The summed E-state index contributed by atoms with van der Waals surface area (Å²) < 4.78 is 0. The van der Waals surface area contributed by atoms with E-state index in [0.29, 0.717) is 21.6 Å². The van der Waals surface area contributed by atoms with E-state index in [1.807, 2.05) is 35.2 Å². The molecule has 1 saturated carbocycles. The first-order chi connectivity index (χ1) is 10.7. The molecular formula is C18H19ClN2O. The number of pyridine rings is 1. The number of nitrogens with zero attached hydrogens (tertiary/aromatic N) is 2. The van der Waals surface area contributed by atoms with Crippen LogP contribution in [-0.2, 0) is 0 Å². The predicted octanol–water partition coefficient (Wildman–Crippen LogP) is 4.29. The van der Waals surface area contributed by atoms with Gasteiger partial charge in [-0.2, -0.15) is 0 Å². The van der Waals surface area contributed by atoms with Crippen LogP contribution >= 0.6 is 11.6 Å². The third-order valence-corrected chi connectivity index (χ3v) is 5.58. The second-order valence-electron chi connectivity index (χ2n) is 6.69. The molecule has 2 aromatic rings. The van der Waals surface area contributed by atoms with Gasteiger partial charge >= 0.3 is 0 Å². The van der Waals surface area contributed by atoms with Crippen molar-refractivity contribution in [3.63, 3.8) is 0 Å². The van der Waals surface area contributed by atoms with Crippen molar-refractivity contribution >= 4 is 28.4 Å². The molecule has 114 valence electrons. The Bertz CT molecular complexity index is 737. The standard InChI is InChI=1S/C18H19ClN2O/c19-14-5-3-4-13-6-7-15(20-16(13)14)17(22)21-11-10-18(12-21)8-1-2-9-18/h3-7H,1-2,8-12H2. The number of rotatable bonds is 1. The molecule has 0 N–H and O–H groups in total. The molecule has 4 heteroatoms. The fourth-order valence-corrected chi connectivity index (χ4v) is 4.26. The van der Waals surface area contributed by atoms with Crippen LogP contribution in [0.1, 0.15) is 42.6 Å². The summed E-state index contributed by atoms with van der Waals surface area (Å²) in [4.78, 5) is 19.3. The van der Waals surface area contributed by atoms with Crippen LogP contribution in [0.3, 0.4) is 0 Å². The second-order valence-corrected chi connectivity index (χ2v) is 7.10. The Morgan fingerprint density at radius 3 is 2.77 bits per heavy atom. The first-order valence-electron chi connectivity index (χ1n) is 8.02. The number of para-hydroxylation sites is 1. The average molecular weight is 315 g/mol. The molecule has 1 aromatic heterocycles. The Morgan fingerprint density at radius 1 is 1.14 bits per heavy atom. The van der Waals surface area contributed by atoms with Crippen LogP contribution < -0.4 is 0 Å². The summed E-state index contributed by atoms with van der Waals surface area (Å²) in [6.07, 6.45) is 6.31. The zero-order chi connectivity index (χ0) is 15.2. The minimum Gasteiger partial charge on any atom is -0.337 e. The molecule has 1 aromatic carbocycles. The molecule has 0 unspecified atom stereocenters. The summed E-state index contributed by atoms with van der Waals surface area (Å²) >= 11 is 6.20. The molecule has 1 amide bonds. The fraction of sp³-hybridized carbons (Fsp3) is 0.444. The van der Waals surface area contributed by atoms with Crippen LogP contribution in [-0.4, -0.2) is 28.9 Å². The van der Waals surface area contributed by atoms with Gasteiger partial charge < -0.3 is 4.90 Å². The number of amides is 1. The molecule has 4 rings (SSSR count). The van der Waals surface area contributed by atoms with E-state index in [0.717, 1.165) is 24.9 Å². The normalized spacial score (nSPS) is 20.1. The summed E-state index contributed by atoms with van der Waals surface area (Å²) in [5.74, 6) is 0.0468. The van der Waals surface area contributed by atoms with E-state index in [9.17, 15) is 4.79 Å². The van der Waals surface area contributed by atoms with Gasteiger partial charge in [0, 0.05) is 18.5 Å². The number of likely N-dealkylation sites (tertiary alicyclic amines) is 1. The number of hydrogen-bond donors (Lipinski definition) is 0. The molecule has 22 heavy (non-hydrogen) atoms. The molecule has 1 aliphatic carbocycles. The molecule has 1 spiro atoms. The highest BCUT2D eigenvalue weighted by Crippen LogP contribution is 2.45. The van der Waals surface area contributed by atoms with Crippen molar-refractivity contribution in [2.45, 2.75) is 32.1 Å². The first-order valence-corrected chi connectivity index (χ1v) is 8.39. The Hall–Kier alpha value is -1.61. The van der Waals surface area contributed by atoms with E-state index in [1.165, 1.54) is 25.7 Å². The minimum absolute atomic E-state index is 0.0468. The minimum atomic E-state index is 0.0468. The maximum atomic E-state index is 12.8. The van der Waals surface area contributed by atoms with Crippen LogP contribution in [0.25, 0.3) is 10.9 Å². The third kappa shape index (κ3) is 2.28. The maximum Gasteiger partial charge on any atom is 0.272 e. The maximum absolute atomic E-state index is 12.8. The van der Waals surface area contributed by atoms with E-state index in [1.54, 1.807) is 0 Å². The van der Waals surface area contributed by atoms with Crippen LogP contribution in [0.5, 0.6) is 0 Å². The lowest BCUT2D eigenvalue weighted by atomic mass is 9.86. The molecule has 2 heterocycles. The summed E-state index contributed by atoms with van der Waals surface area (Å²) in [7, 11) is 0. The molecule has 3 nitrogen and oxygen atoms in total. The van der Waals surface area contributed by atoms with Crippen molar-refractivity contribution in [3.05, 3.63) is 41.0 Å². The quantitative estimate of drug-likeness (QED) is 0.786. The molecular weight excluding hydrogens is 296 g/mol. The van der Waals surface area contributed by atoms with Crippen LogP contribution in [0.15, 0.2) is 30.3 Å². The first kappa shape index (κ1) is 14.0. The van der Waals surface area contributed by atoms with Gasteiger partial charge in [-0.25, -0.2) is 4.98 Å². The Morgan fingerprint density at radius 2 is 1.95 bits per heavy atom. The van der Waals surface area contributed by atoms with Crippen molar-refractivity contribution in [1.29, 1.82) is 0 Å². The molecule has 1 aliphatic heterocycles. The Labute approximate surface area is 135 Å². The highest BCUT2D eigenvalue weighted by Gasteiger charge is 2.42. The molecule has 0 bridgehead atoms. The van der Waals surface area contributed by atoms with Crippen LogP contribution in [0.2, 0.25) is 5.02 Å². The van der Waals surface area contributed by atoms with Gasteiger partial charge in [-0.15, -0.1) is 0 Å². The number of aromatic nitrogens is 1. The lowest BCUT2D eigenvalue weighted by Crippen LogP contribution is -2.31. The van der Waals surface area contributed by atoms with Crippen molar-refractivity contribution < 1.29 is 4.79 Å². The summed E-state index contributed by atoms with van der Waals surface area (Å²) in [5, 5.41) is 1.57. The summed E-state index contributed by atoms with van der Waals surface area (Å²) in [5.41, 5.74) is 1.62. The number of carbonyl (C=O) groups excluding carboxylic acids is 1. The van der Waals surface area contributed by atoms with Crippen LogP contribution in [0.4, 0.5) is 0 Å². The van der Waals surface area contributed by atoms with Gasteiger partial charge in [0.1, 0.15) is 5.69 Å². The lowest BCUT2D eigenvalue weighted by Gasteiger charge is -2.23. The zero-order valence-electron chi connectivity index (χ0n) is 12.5. The monoisotopic (exact) mass is 314 g/mol. The topological polar surface area (TPSA) is 33.2 Å². The van der Waals surface area contributed by atoms with Gasteiger partial charge in [0.25, 0.3) is 5.91 Å². The van der Waals surface area contributed by atoms with E-state index in [4.69, 9.17) is 11.6 Å². The smallest absolute Gasteiger partial charge is 0.272 e. The van der Waals surface area contributed by atoms with Gasteiger partial charge in [0.05, 0.1) is 10.5 Å². The predicted molar refractivity (Wildman–Crippen MR) is 88.2 cm³/mol. The number of benzene rings is 1. The number of halogens is 1. The van der Waals surface area contributed by atoms with Gasteiger partial charge in [-0.1, -0.05) is 42.6 Å². The molecule has 0 radical (unpaired) electrons. The number of hydrogen-bond acceptors (Lipinski definition) is 2. The summed E-state index contributed by atoms with van der Waals surface area (Å²) in [6.45, 7) is 1.76. The zero-order valence-corrected chi connectivity index (χ0v) is 13.3. The SMILES string of the molecule is O=C(c1ccc2cccc(Cl)c2n1)N1CCC2(CCCC2)C1. The average Bonchev–Trinajstić information content (AvgIpc) is 3.17. The fourth-order valence-electron chi connectivity index (χ4n) is 4.03. The highest BCUT2D eigenvalue weighted by molar-refractivity contribution is 6.35. The van der Waals surface area contributed by atoms with Gasteiger partial charge in [0.2, 0.25) is 0 Å². The number of fused-ring (bicyclic) bond motifs is 1. The summed E-state index contributed by atoms with van der Waals surface area (Å²) in [6, 6.07) is 9.43. The second kappa shape index (κ2) is 5.24. The van der Waals surface area contributed by atoms with Crippen molar-refractivity contribution in [3.8, 4) is 0 Å². The van der Waals surface area contributed by atoms with Gasteiger partial charge in [0.15, 0.2) is 0 Å². The molecule has 2 fully saturated rings. The molecule has 0 atom stereocenters. The van der Waals surface area contributed by atoms with E-state index < -0.39 is 0 Å². The van der Waals surface area contributed by atoms with Gasteiger partial charge in [-0.05, 0) is 36.8 Å². The van der Waals surface area contributed by atoms with E-state index in [-0.39, 0.29) is 5.91 Å². The van der Waals surface area contributed by atoms with Crippen molar-refractivity contribution in [1.82, 2.24) is 9.88 Å². The third-order valence-electron chi connectivity index (χ3n) is 5.28. The Balaban J connectivity index is 1.62. The van der Waals surface area contributed by atoms with Crippen LogP contribution in [0, 0.1) is 5.41 Å². The molecule has 1 saturated heterocycles. The van der Waals surface area contributed by atoms with Crippen molar-refractivity contribution in [2.24, 2.45) is 5.41 Å². The number of carbonyl (C=O) groups is 1. The molecule has 2 aliphatic rings. The lowest BCUT2D eigenvalue weighted by molar-refractivity contribution is 0.0768. The van der Waals surface area contributed by atoms with Gasteiger partial charge in [-0.3, -0.25) is 4.79 Å². The largest absolute Gasteiger partial charge is 0.337 e. The van der Waals surface area contributed by atoms with E-state index in [2.05, 4.69) is 4.98 Å². The van der Waals surface area contributed by atoms with E-state index >= 15 is 0 Å².